The number of halogens is 4. The van der Waals surface area contributed by atoms with Gasteiger partial charge in [-0.25, -0.2) is 9.79 Å². The van der Waals surface area contributed by atoms with Gasteiger partial charge in [0.2, 0.25) is 0 Å². The van der Waals surface area contributed by atoms with Crippen LogP contribution in [0.25, 0.3) is 17.0 Å². The number of carbonyl (C=O) groups excluding carboxylic acids is 3. The number of hydrogen-bond acceptors (Lipinski definition) is 7. The first-order valence-corrected chi connectivity index (χ1v) is 12.3. The van der Waals surface area contributed by atoms with Gasteiger partial charge in [-0.1, -0.05) is 23.7 Å². The van der Waals surface area contributed by atoms with E-state index in [4.69, 9.17) is 11.6 Å². The number of esters is 1. The van der Waals surface area contributed by atoms with Gasteiger partial charge in [-0.15, -0.1) is 0 Å². The van der Waals surface area contributed by atoms with Gasteiger partial charge >= 0.3 is 12.1 Å². The highest BCUT2D eigenvalue weighted by atomic mass is 35.5. The number of nitrogens with zero attached hydrogens (tertiary/aromatic N) is 2. The first-order chi connectivity index (χ1) is 18.1. The van der Waals surface area contributed by atoms with Crippen molar-refractivity contribution in [1.29, 1.82) is 0 Å². The lowest BCUT2D eigenvalue weighted by Crippen LogP contribution is -2.28. The van der Waals surface area contributed by atoms with Crippen LogP contribution in [-0.2, 0) is 14.3 Å². The fourth-order valence-corrected chi connectivity index (χ4v) is 4.28. The van der Waals surface area contributed by atoms with Gasteiger partial charge in [0.15, 0.2) is 5.17 Å². The van der Waals surface area contributed by atoms with Crippen molar-refractivity contribution in [3.8, 4) is 0 Å². The van der Waals surface area contributed by atoms with Crippen LogP contribution in [0.15, 0.2) is 64.6 Å². The van der Waals surface area contributed by atoms with E-state index in [9.17, 15) is 27.6 Å². The number of thioether (sulfide) groups is 1. The molecule has 38 heavy (non-hydrogen) atoms. The molecule has 3 aromatic rings. The number of amidine groups is 1. The Morgan fingerprint density at radius 3 is 2.79 bits per heavy atom. The van der Waals surface area contributed by atoms with Crippen molar-refractivity contribution < 1.29 is 32.3 Å². The number of carbonyl (C=O) groups is 3. The zero-order chi connectivity index (χ0) is 27.3. The second kappa shape index (κ2) is 11.7. The summed E-state index contributed by atoms with van der Waals surface area (Å²) in [7, 11) is 0. The molecule has 0 radical (unpaired) electrons. The van der Waals surface area contributed by atoms with Crippen LogP contribution in [0.4, 0.5) is 18.9 Å². The standard InChI is InChI=1S/C25H18ClF3N4O4S/c26-17-6-5-16(21(34)31-9-2-10-37-23(36)25(27,28)29)13-19(17)32-24-33-22(35)20(38-24)12-14-4-7-18-15(11-14)3-1-8-30-18/h1,3-8,11-13H,2,9-10H2,(H,31,34)(H,32,33,35). The van der Waals surface area contributed by atoms with Crippen LogP contribution < -0.4 is 10.6 Å². The molecule has 196 valence electrons. The van der Waals surface area contributed by atoms with Gasteiger partial charge in [0.25, 0.3) is 11.8 Å². The van der Waals surface area contributed by atoms with Gasteiger partial charge < -0.3 is 15.4 Å². The zero-order valence-electron chi connectivity index (χ0n) is 19.3. The topological polar surface area (TPSA) is 110 Å². The number of amides is 2. The summed E-state index contributed by atoms with van der Waals surface area (Å²) in [6, 6.07) is 13.7. The maximum atomic E-state index is 12.5. The number of benzene rings is 2. The first kappa shape index (κ1) is 27.1. The number of rotatable bonds is 7. The van der Waals surface area contributed by atoms with E-state index >= 15 is 0 Å². The normalized spacial score (nSPS) is 15.6. The van der Waals surface area contributed by atoms with Gasteiger partial charge in [-0.05, 0) is 66.2 Å². The Labute approximate surface area is 223 Å². The summed E-state index contributed by atoms with van der Waals surface area (Å²) in [4.78, 5) is 44.7. The average molecular weight is 563 g/mol. The Kier molecular flexibility index (Phi) is 8.32. The first-order valence-electron chi connectivity index (χ1n) is 11.1. The average Bonchev–Trinajstić information content (AvgIpc) is 3.22. The predicted molar refractivity (Wildman–Crippen MR) is 138 cm³/mol. The van der Waals surface area contributed by atoms with Gasteiger partial charge in [-0.3, -0.25) is 14.6 Å². The van der Waals surface area contributed by atoms with Crippen molar-refractivity contribution in [1.82, 2.24) is 15.6 Å². The lowest BCUT2D eigenvalue weighted by molar-refractivity contribution is -0.199. The van der Waals surface area contributed by atoms with Crippen molar-refractivity contribution >= 4 is 69.0 Å². The van der Waals surface area contributed by atoms with Crippen molar-refractivity contribution in [3.63, 3.8) is 0 Å². The molecule has 0 spiro atoms. The van der Waals surface area contributed by atoms with Crippen LogP contribution in [0.3, 0.4) is 0 Å². The zero-order valence-corrected chi connectivity index (χ0v) is 20.9. The summed E-state index contributed by atoms with van der Waals surface area (Å²) in [6.07, 6.45) is -1.64. The molecule has 0 saturated carbocycles. The molecule has 0 bridgehead atoms. The third kappa shape index (κ3) is 6.90. The second-order valence-corrected chi connectivity index (χ2v) is 9.28. The largest absolute Gasteiger partial charge is 0.490 e. The number of hydrogen-bond donors (Lipinski definition) is 2. The van der Waals surface area contributed by atoms with Crippen LogP contribution in [0.1, 0.15) is 22.3 Å². The van der Waals surface area contributed by atoms with Crippen molar-refractivity contribution in [2.75, 3.05) is 13.2 Å². The number of aromatic nitrogens is 1. The molecule has 0 unspecified atom stereocenters. The highest BCUT2D eigenvalue weighted by Crippen LogP contribution is 2.32. The number of aliphatic imine (C=N–C) groups is 1. The Bertz CT molecular complexity index is 1480. The summed E-state index contributed by atoms with van der Waals surface area (Å²) in [5.74, 6) is -3.15. The van der Waals surface area contributed by atoms with Crippen LogP contribution in [0, 0.1) is 0 Å². The fourth-order valence-electron chi connectivity index (χ4n) is 3.29. The fraction of sp³-hybridized carbons (Fsp3) is 0.160. The van der Waals surface area contributed by atoms with Gasteiger partial charge in [0.1, 0.15) is 0 Å². The number of ether oxygens (including phenoxy) is 1. The van der Waals surface area contributed by atoms with E-state index in [1.54, 1.807) is 12.3 Å². The minimum absolute atomic E-state index is 0.0121. The number of fused-ring (bicyclic) bond motifs is 1. The summed E-state index contributed by atoms with van der Waals surface area (Å²) in [5.41, 5.74) is 2.08. The van der Waals surface area contributed by atoms with Crippen LogP contribution in [-0.4, -0.2) is 47.3 Å². The SMILES string of the molecule is O=C1NC(=Nc2cc(C(=O)NCCCOC(=O)C(F)(F)F)ccc2Cl)SC1=Cc1ccc2ncccc2c1. The molecule has 1 aliphatic heterocycles. The quantitative estimate of drug-likeness (QED) is 0.238. The Morgan fingerprint density at radius 2 is 2.00 bits per heavy atom. The molecular formula is C25H18ClF3N4O4S. The van der Waals surface area contributed by atoms with E-state index in [2.05, 4.69) is 25.3 Å². The molecule has 4 rings (SSSR count). The van der Waals surface area contributed by atoms with Crippen LogP contribution >= 0.6 is 23.4 Å². The Morgan fingerprint density at radius 1 is 1.18 bits per heavy atom. The maximum absolute atomic E-state index is 12.5. The van der Waals surface area contributed by atoms with E-state index in [-0.39, 0.29) is 40.3 Å². The molecule has 13 heteroatoms. The predicted octanol–water partition coefficient (Wildman–Crippen LogP) is 5.01. The third-order valence-electron chi connectivity index (χ3n) is 5.08. The maximum Gasteiger partial charge on any atom is 0.490 e. The Balaban J connectivity index is 1.39. The molecule has 2 aromatic carbocycles. The molecular weight excluding hydrogens is 545 g/mol. The highest BCUT2D eigenvalue weighted by molar-refractivity contribution is 8.18. The molecule has 1 aliphatic rings. The van der Waals surface area contributed by atoms with Gasteiger partial charge in [0.05, 0.1) is 27.7 Å². The highest BCUT2D eigenvalue weighted by Gasteiger charge is 2.40. The van der Waals surface area contributed by atoms with E-state index in [1.165, 1.54) is 18.2 Å². The molecule has 2 heterocycles. The number of nitrogens with one attached hydrogen (secondary N) is 2. The van der Waals surface area contributed by atoms with Crippen molar-refractivity contribution in [2.24, 2.45) is 4.99 Å². The summed E-state index contributed by atoms with van der Waals surface area (Å²) >= 11 is 7.34. The molecule has 1 aromatic heterocycles. The smallest absolute Gasteiger partial charge is 0.459 e. The lowest BCUT2D eigenvalue weighted by atomic mass is 10.1. The lowest BCUT2D eigenvalue weighted by Gasteiger charge is -2.09. The molecule has 8 nitrogen and oxygen atoms in total. The number of alkyl halides is 3. The van der Waals surface area contributed by atoms with Gasteiger partial charge in [-0.2, -0.15) is 13.2 Å². The molecule has 2 amide bonds. The van der Waals surface area contributed by atoms with Crippen molar-refractivity contribution in [3.05, 3.63) is 75.8 Å². The Hall–Kier alpha value is -3.90. The van der Waals surface area contributed by atoms with Crippen LogP contribution in [0.2, 0.25) is 5.02 Å². The number of pyridine rings is 1. The van der Waals surface area contributed by atoms with Gasteiger partial charge in [0, 0.05) is 23.7 Å². The molecule has 2 N–H and O–H groups in total. The van der Waals surface area contributed by atoms with Crippen molar-refractivity contribution in [2.45, 2.75) is 12.6 Å². The van der Waals surface area contributed by atoms with E-state index in [1.807, 2.05) is 30.3 Å². The minimum atomic E-state index is -5.06. The molecule has 1 saturated heterocycles. The van der Waals surface area contributed by atoms with Crippen LogP contribution in [0.5, 0.6) is 0 Å². The van der Waals surface area contributed by atoms with E-state index < -0.39 is 24.7 Å². The minimum Gasteiger partial charge on any atom is -0.459 e. The molecule has 0 aliphatic carbocycles. The van der Waals surface area contributed by atoms with E-state index in [0.717, 1.165) is 28.2 Å². The monoisotopic (exact) mass is 562 g/mol. The summed E-state index contributed by atoms with van der Waals surface area (Å²) in [6.45, 7) is -0.525. The molecule has 1 fully saturated rings. The second-order valence-electron chi connectivity index (χ2n) is 7.85. The summed E-state index contributed by atoms with van der Waals surface area (Å²) < 4.78 is 40.4. The third-order valence-corrected chi connectivity index (χ3v) is 6.31. The van der Waals surface area contributed by atoms with E-state index in [0.29, 0.717) is 4.91 Å². The molecule has 0 atom stereocenters. The summed E-state index contributed by atoms with van der Waals surface area (Å²) in [5, 5.41) is 6.63.